The first kappa shape index (κ1) is 18.2. The van der Waals surface area contributed by atoms with Gasteiger partial charge in [0.05, 0.1) is 0 Å². The highest BCUT2D eigenvalue weighted by Crippen LogP contribution is 2.38. The highest BCUT2D eigenvalue weighted by Gasteiger charge is 2.22. The van der Waals surface area contributed by atoms with Crippen molar-refractivity contribution in [3.63, 3.8) is 0 Å². The molecule has 3 rings (SSSR count). The number of aryl methyl sites for hydroxylation is 1. The lowest BCUT2D eigenvalue weighted by atomic mass is 9.77. The van der Waals surface area contributed by atoms with Crippen LogP contribution in [-0.2, 0) is 6.42 Å². The third-order valence-electron chi connectivity index (χ3n) is 6.09. The number of hydrogen-bond acceptors (Lipinski definition) is 0. The van der Waals surface area contributed by atoms with Crippen LogP contribution in [0.2, 0.25) is 0 Å². The van der Waals surface area contributed by atoms with Gasteiger partial charge < -0.3 is 0 Å². The monoisotopic (exact) mass is 334 g/mol. The molecule has 2 aromatic carbocycles. The molecule has 0 N–H and O–H groups in total. The average Bonchev–Trinajstić information content (AvgIpc) is 2.66. The Labute approximate surface area is 154 Å². The summed E-state index contributed by atoms with van der Waals surface area (Å²) >= 11 is 0. The molecular formula is C25H34. The van der Waals surface area contributed by atoms with Crippen molar-refractivity contribution in [2.75, 3.05) is 0 Å². The van der Waals surface area contributed by atoms with E-state index >= 15 is 0 Å². The molecule has 0 bridgehead atoms. The summed E-state index contributed by atoms with van der Waals surface area (Å²) < 4.78 is 0. The molecule has 0 heteroatoms. The fourth-order valence-electron chi connectivity index (χ4n) is 4.44. The third-order valence-corrected chi connectivity index (χ3v) is 6.09. The van der Waals surface area contributed by atoms with E-state index in [4.69, 9.17) is 0 Å². The molecule has 0 atom stereocenters. The van der Waals surface area contributed by atoms with Crippen molar-refractivity contribution in [3.05, 3.63) is 60.2 Å². The van der Waals surface area contributed by atoms with Crippen LogP contribution in [0.4, 0.5) is 0 Å². The standard InChI is InChI=1S/C25H34/c1-3-5-7-9-21-12-15-25-19-24(17-16-23(25)18-21)22-13-10-20(11-14-22)8-6-4-2/h4,12,15-20,22H,2-3,5-11,13-14H2,1H3. The Bertz CT molecular complexity index is 673. The minimum Gasteiger partial charge on any atom is -0.103 e. The Kier molecular flexibility index (Phi) is 6.73. The SMILES string of the molecule is C=CCCC1CCC(c2ccc3cc(CCCCC)ccc3c2)CC1. The minimum atomic E-state index is 0.772. The van der Waals surface area contributed by atoms with E-state index in [9.17, 15) is 0 Å². The van der Waals surface area contributed by atoms with Crippen LogP contribution in [0.3, 0.4) is 0 Å². The summed E-state index contributed by atoms with van der Waals surface area (Å²) in [6, 6.07) is 14.3. The first-order chi connectivity index (χ1) is 12.3. The summed E-state index contributed by atoms with van der Waals surface area (Å²) in [4.78, 5) is 0. The zero-order chi connectivity index (χ0) is 17.5. The number of benzene rings is 2. The van der Waals surface area contributed by atoms with Gasteiger partial charge in [-0.2, -0.15) is 0 Å². The molecule has 134 valence electrons. The minimum absolute atomic E-state index is 0.772. The van der Waals surface area contributed by atoms with Gasteiger partial charge in [0, 0.05) is 0 Å². The zero-order valence-electron chi connectivity index (χ0n) is 16.0. The van der Waals surface area contributed by atoms with Gasteiger partial charge in [0.1, 0.15) is 0 Å². The molecule has 0 aliphatic heterocycles. The molecule has 0 saturated heterocycles. The first-order valence-electron chi connectivity index (χ1n) is 10.4. The van der Waals surface area contributed by atoms with Crippen LogP contribution in [-0.4, -0.2) is 0 Å². The van der Waals surface area contributed by atoms with E-state index in [1.54, 1.807) is 5.56 Å². The summed E-state index contributed by atoms with van der Waals surface area (Å²) in [5.41, 5.74) is 3.06. The quantitative estimate of drug-likeness (QED) is 0.341. The fourth-order valence-corrected chi connectivity index (χ4v) is 4.44. The van der Waals surface area contributed by atoms with Crippen LogP contribution in [0.15, 0.2) is 49.1 Å². The zero-order valence-corrected chi connectivity index (χ0v) is 16.0. The molecular weight excluding hydrogens is 300 g/mol. The largest absolute Gasteiger partial charge is 0.103 e. The van der Waals surface area contributed by atoms with Gasteiger partial charge in [-0.15, -0.1) is 6.58 Å². The Morgan fingerprint density at radius 2 is 1.72 bits per heavy atom. The normalized spacial score (nSPS) is 20.7. The number of unbranched alkanes of at least 4 members (excludes halogenated alkanes) is 2. The smallest absolute Gasteiger partial charge is 0.0162 e. The van der Waals surface area contributed by atoms with Crippen molar-refractivity contribution in [3.8, 4) is 0 Å². The van der Waals surface area contributed by atoms with E-state index in [2.05, 4.69) is 56.0 Å². The molecule has 1 fully saturated rings. The van der Waals surface area contributed by atoms with Gasteiger partial charge in [-0.3, -0.25) is 0 Å². The predicted octanol–water partition coefficient (Wildman–Crippen LogP) is 7.81. The summed E-state index contributed by atoms with van der Waals surface area (Å²) in [5, 5.41) is 2.84. The van der Waals surface area contributed by atoms with Crippen LogP contribution in [0, 0.1) is 5.92 Å². The second kappa shape index (κ2) is 9.22. The van der Waals surface area contributed by atoms with Crippen molar-refractivity contribution in [1.82, 2.24) is 0 Å². The van der Waals surface area contributed by atoms with Crippen molar-refractivity contribution in [1.29, 1.82) is 0 Å². The van der Waals surface area contributed by atoms with Gasteiger partial charge >= 0.3 is 0 Å². The Morgan fingerprint density at radius 1 is 0.960 bits per heavy atom. The number of hydrogen-bond donors (Lipinski definition) is 0. The number of rotatable bonds is 8. The highest BCUT2D eigenvalue weighted by atomic mass is 14.3. The van der Waals surface area contributed by atoms with E-state index in [1.807, 2.05) is 0 Å². The van der Waals surface area contributed by atoms with Crippen molar-refractivity contribution >= 4 is 10.8 Å². The molecule has 0 unspecified atom stereocenters. The lowest BCUT2D eigenvalue weighted by Crippen LogP contribution is -2.13. The second-order valence-electron chi connectivity index (χ2n) is 7.98. The molecule has 1 saturated carbocycles. The molecule has 0 amide bonds. The molecule has 1 aliphatic carbocycles. The van der Waals surface area contributed by atoms with Crippen LogP contribution in [0.25, 0.3) is 10.8 Å². The highest BCUT2D eigenvalue weighted by molar-refractivity contribution is 5.84. The van der Waals surface area contributed by atoms with Crippen molar-refractivity contribution in [2.45, 2.75) is 77.0 Å². The topological polar surface area (TPSA) is 0 Å². The third kappa shape index (κ3) is 4.97. The summed E-state index contributed by atoms with van der Waals surface area (Å²) in [6.07, 6.45) is 15.3. The molecule has 2 aromatic rings. The molecule has 25 heavy (non-hydrogen) atoms. The van der Waals surface area contributed by atoms with E-state index in [0.717, 1.165) is 11.8 Å². The molecule has 0 spiro atoms. The van der Waals surface area contributed by atoms with Gasteiger partial charge in [0.15, 0.2) is 0 Å². The van der Waals surface area contributed by atoms with E-state index in [0.29, 0.717) is 0 Å². The van der Waals surface area contributed by atoms with Gasteiger partial charge in [0.25, 0.3) is 0 Å². The van der Waals surface area contributed by atoms with Crippen LogP contribution >= 0.6 is 0 Å². The molecule has 1 aliphatic rings. The van der Waals surface area contributed by atoms with E-state index in [-0.39, 0.29) is 0 Å². The fraction of sp³-hybridized carbons (Fsp3) is 0.520. The Balaban J connectivity index is 1.63. The lowest BCUT2D eigenvalue weighted by Gasteiger charge is -2.28. The molecule has 0 aromatic heterocycles. The van der Waals surface area contributed by atoms with Gasteiger partial charge in [-0.1, -0.05) is 62.2 Å². The molecule has 0 radical (unpaired) electrons. The molecule has 0 heterocycles. The van der Waals surface area contributed by atoms with Crippen LogP contribution < -0.4 is 0 Å². The second-order valence-corrected chi connectivity index (χ2v) is 7.98. The maximum absolute atomic E-state index is 3.86. The van der Waals surface area contributed by atoms with Crippen LogP contribution in [0.5, 0.6) is 0 Å². The number of allylic oxidation sites excluding steroid dienone is 1. The summed E-state index contributed by atoms with van der Waals surface area (Å²) in [5.74, 6) is 1.70. The summed E-state index contributed by atoms with van der Waals surface area (Å²) in [6.45, 7) is 6.14. The molecule has 0 nitrogen and oxygen atoms in total. The Hall–Kier alpha value is -1.56. The summed E-state index contributed by atoms with van der Waals surface area (Å²) in [7, 11) is 0. The van der Waals surface area contributed by atoms with Crippen LogP contribution in [0.1, 0.15) is 81.8 Å². The maximum Gasteiger partial charge on any atom is -0.0162 e. The predicted molar refractivity (Wildman–Crippen MR) is 111 cm³/mol. The van der Waals surface area contributed by atoms with E-state index < -0.39 is 0 Å². The number of fused-ring (bicyclic) bond motifs is 1. The Morgan fingerprint density at radius 3 is 2.48 bits per heavy atom. The van der Waals surface area contributed by atoms with Crippen molar-refractivity contribution < 1.29 is 0 Å². The first-order valence-corrected chi connectivity index (χ1v) is 10.4. The maximum atomic E-state index is 3.86. The lowest BCUT2D eigenvalue weighted by molar-refractivity contribution is 0.312. The van der Waals surface area contributed by atoms with Gasteiger partial charge in [0.2, 0.25) is 0 Å². The van der Waals surface area contributed by atoms with E-state index in [1.165, 1.54) is 80.5 Å². The van der Waals surface area contributed by atoms with Gasteiger partial charge in [-0.05, 0) is 85.1 Å². The van der Waals surface area contributed by atoms with Gasteiger partial charge in [-0.25, -0.2) is 0 Å². The van der Waals surface area contributed by atoms with Crippen molar-refractivity contribution in [2.24, 2.45) is 5.92 Å². The average molecular weight is 335 g/mol.